The average Bonchev–Trinajstić information content (AvgIpc) is 2.69. The van der Waals surface area contributed by atoms with Gasteiger partial charge in [-0.2, -0.15) is 0 Å². The Kier molecular flexibility index (Phi) is 9.67. The first-order chi connectivity index (χ1) is 12.5. The number of carbonyl (C=O) groups excluding carboxylic acids is 2. The van der Waals surface area contributed by atoms with E-state index in [-0.39, 0.29) is 48.1 Å². The van der Waals surface area contributed by atoms with Gasteiger partial charge in [0.2, 0.25) is 11.8 Å². The predicted molar refractivity (Wildman–Crippen MR) is 115 cm³/mol. The molecule has 8 heteroatoms. The Morgan fingerprint density at radius 3 is 2.46 bits per heavy atom. The number of aromatic nitrogens is 1. The molecule has 0 saturated carbocycles. The van der Waals surface area contributed by atoms with Crippen LogP contribution in [0.25, 0.3) is 0 Å². The molecule has 0 aliphatic carbocycles. The number of piperidine rings is 2. The summed E-state index contributed by atoms with van der Waals surface area (Å²) in [5, 5.41) is 3.03. The van der Waals surface area contributed by atoms with Crippen LogP contribution in [0, 0.1) is 5.41 Å². The fourth-order valence-electron chi connectivity index (χ4n) is 4.13. The van der Waals surface area contributed by atoms with Crippen LogP contribution in [-0.2, 0) is 16.0 Å². The summed E-state index contributed by atoms with van der Waals surface area (Å²) in [6.07, 6.45) is 8.05. The fourth-order valence-corrected chi connectivity index (χ4v) is 4.13. The Hall–Kier alpha value is -1.37. The van der Waals surface area contributed by atoms with E-state index >= 15 is 0 Å². The van der Waals surface area contributed by atoms with Gasteiger partial charge < -0.3 is 15.1 Å². The highest BCUT2D eigenvalue weighted by molar-refractivity contribution is 5.85. The number of likely N-dealkylation sites (tertiary alicyclic amines) is 2. The van der Waals surface area contributed by atoms with Crippen molar-refractivity contribution in [3.05, 3.63) is 30.1 Å². The Labute approximate surface area is 180 Å². The normalized spacial score (nSPS) is 19.6. The van der Waals surface area contributed by atoms with E-state index in [9.17, 15) is 9.59 Å². The zero-order chi connectivity index (χ0) is 18.6. The molecule has 1 aromatic heterocycles. The van der Waals surface area contributed by atoms with E-state index in [4.69, 9.17) is 0 Å². The smallest absolute Gasteiger partial charge is 0.239 e. The lowest BCUT2D eigenvalue weighted by atomic mass is 9.72. The molecule has 1 spiro atoms. The van der Waals surface area contributed by atoms with Crippen molar-refractivity contribution < 1.29 is 9.59 Å². The van der Waals surface area contributed by atoms with Gasteiger partial charge in [-0.1, -0.05) is 0 Å². The molecule has 6 nitrogen and oxygen atoms in total. The molecule has 1 atom stereocenters. The van der Waals surface area contributed by atoms with Crippen molar-refractivity contribution in [1.29, 1.82) is 0 Å². The van der Waals surface area contributed by atoms with Gasteiger partial charge in [-0.15, -0.1) is 24.8 Å². The van der Waals surface area contributed by atoms with Crippen molar-refractivity contribution in [2.45, 2.75) is 45.1 Å². The molecule has 0 bridgehead atoms. The van der Waals surface area contributed by atoms with E-state index in [1.807, 2.05) is 35.9 Å². The summed E-state index contributed by atoms with van der Waals surface area (Å²) < 4.78 is 0. The van der Waals surface area contributed by atoms with Crippen molar-refractivity contribution in [2.75, 3.05) is 33.2 Å². The predicted octanol–water partition coefficient (Wildman–Crippen LogP) is 2.31. The quantitative estimate of drug-likeness (QED) is 0.777. The molecule has 0 radical (unpaired) electrons. The molecule has 2 saturated heterocycles. The lowest BCUT2D eigenvalue weighted by Crippen LogP contribution is -2.54. The lowest BCUT2D eigenvalue weighted by Gasteiger charge is -2.47. The Balaban J connectivity index is 0.00000196. The van der Waals surface area contributed by atoms with Crippen molar-refractivity contribution in [3.8, 4) is 0 Å². The van der Waals surface area contributed by atoms with Gasteiger partial charge in [-0.3, -0.25) is 14.6 Å². The molecule has 2 fully saturated rings. The molecule has 3 heterocycles. The van der Waals surface area contributed by atoms with Crippen molar-refractivity contribution in [2.24, 2.45) is 5.41 Å². The molecule has 3 rings (SSSR count). The number of carbonyl (C=O) groups is 2. The molecule has 1 N–H and O–H groups in total. The van der Waals surface area contributed by atoms with Gasteiger partial charge in [-0.25, -0.2) is 0 Å². The zero-order valence-corrected chi connectivity index (χ0v) is 18.4. The summed E-state index contributed by atoms with van der Waals surface area (Å²) in [7, 11) is 1.82. The first kappa shape index (κ1) is 24.7. The van der Waals surface area contributed by atoms with E-state index in [1.54, 1.807) is 12.4 Å². The van der Waals surface area contributed by atoms with Crippen LogP contribution in [0.5, 0.6) is 0 Å². The van der Waals surface area contributed by atoms with Gasteiger partial charge in [0.15, 0.2) is 0 Å². The monoisotopic (exact) mass is 430 g/mol. The number of amides is 2. The Morgan fingerprint density at radius 2 is 1.86 bits per heavy atom. The maximum absolute atomic E-state index is 12.4. The highest BCUT2D eigenvalue weighted by Crippen LogP contribution is 2.40. The lowest BCUT2D eigenvalue weighted by molar-refractivity contribution is -0.143. The van der Waals surface area contributed by atoms with E-state index in [2.05, 4.69) is 10.3 Å². The zero-order valence-electron chi connectivity index (χ0n) is 16.7. The summed E-state index contributed by atoms with van der Waals surface area (Å²) in [5.41, 5.74) is 1.40. The second kappa shape index (κ2) is 11.0. The number of likely N-dealkylation sites (N-methyl/N-ethyl adjacent to an activating group) is 1. The SMILES string of the molecule is CN[C@@H](C)C(=O)N1CCC2(CCC(=O)N(CCc3ccncc3)C2)CC1.Cl.Cl. The molecular weight excluding hydrogens is 399 g/mol. The van der Waals surface area contributed by atoms with Crippen LogP contribution in [0.2, 0.25) is 0 Å². The van der Waals surface area contributed by atoms with Crippen molar-refractivity contribution >= 4 is 36.6 Å². The van der Waals surface area contributed by atoms with Gasteiger partial charge in [0.1, 0.15) is 0 Å². The van der Waals surface area contributed by atoms with Crippen LogP contribution < -0.4 is 5.32 Å². The summed E-state index contributed by atoms with van der Waals surface area (Å²) in [4.78, 5) is 32.8. The Morgan fingerprint density at radius 1 is 1.21 bits per heavy atom. The topological polar surface area (TPSA) is 65.5 Å². The molecule has 158 valence electrons. The molecule has 0 aromatic carbocycles. The van der Waals surface area contributed by atoms with Crippen LogP contribution in [0.1, 0.15) is 38.2 Å². The summed E-state index contributed by atoms with van der Waals surface area (Å²) in [6.45, 7) is 5.12. The molecule has 2 aliphatic rings. The minimum absolute atomic E-state index is 0. The Bertz CT molecular complexity index is 636. The molecule has 2 aliphatic heterocycles. The summed E-state index contributed by atoms with van der Waals surface area (Å²) in [5.74, 6) is 0.454. The van der Waals surface area contributed by atoms with Crippen LogP contribution in [0.15, 0.2) is 24.5 Å². The minimum atomic E-state index is -0.131. The van der Waals surface area contributed by atoms with Gasteiger partial charge in [-0.05, 0) is 62.8 Å². The highest BCUT2D eigenvalue weighted by Gasteiger charge is 2.41. The minimum Gasteiger partial charge on any atom is -0.342 e. The number of hydrogen-bond donors (Lipinski definition) is 1. The molecule has 0 unspecified atom stereocenters. The maximum atomic E-state index is 12.4. The van der Waals surface area contributed by atoms with Gasteiger partial charge in [0, 0.05) is 45.0 Å². The largest absolute Gasteiger partial charge is 0.342 e. The molecule has 2 amide bonds. The first-order valence-corrected chi connectivity index (χ1v) is 9.66. The number of nitrogens with zero attached hydrogens (tertiary/aromatic N) is 3. The van der Waals surface area contributed by atoms with Crippen molar-refractivity contribution in [1.82, 2.24) is 20.1 Å². The highest BCUT2D eigenvalue weighted by atomic mass is 35.5. The van der Waals surface area contributed by atoms with Crippen LogP contribution in [-0.4, -0.2) is 65.9 Å². The molecule has 28 heavy (non-hydrogen) atoms. The third-order valence-electron chi connectivity index (χ3n) is 6.11. The van der Waals surface area contributed by atoms with Gasteiger partial charge in [0.25, 0.3) is 0 Å². The van der Waals surface area contributed by atoms with E-state index in [0.29, 0.717) is 6.42 Å². The first-order valence-electron chi connectivity index (χ1n) is 9.66. The fraction of sp³-hybridized carbons (Fsp3) is 0.650. The van der Waals surface area contributed by atoms with Crippen LogP contribution >= 0.6 is 24.8 Å². The molecule has 1 aromatic rings. The van der Waals surface area contributed by atoms with E-state index in [1.165, 1.54) is 5.56 Å². The molecular formula is C20H32Cl2N4O2. The van der Waals surface area contributed by atoms with E-state index in [0.717, 1.165) is 51.9 Å². The van der Waals surface area contributed by atoms with Crippen LogP contribution in [0.3, 0.4) is 0 Å². The summed E-state index contributed by atoms with van der Waals surface area (Å²) >= 11 is 0. The van der Waals surface area contributed by atoms with Crippen molar-refractivity contribution in [3.63, 3.8) is 0 Å². The van der Waals surface area contributed by atoms with E-state index < -0.39 is 0 Å². The number of rotatable bonds is 5. The summed E-state index contributed by atoms with van der Waals surface area (Å²) in [6, 6.07) is 3.89. The number of pyridine rings is 1. The van der Waals surface area contributed by atoms with Gasteiger partial charge in [0.05, 0.1) is 6.04 Å². The third kappa shape index (κ3) is 5.82. The van der Waals surface area contributed by atoms with Crippen LogP contribution in [0.4, 0.5) is 0 Å². The maximum Gasteiger partial charge on any atom is 0.239 e. The average molecular weight is 431 g/mol. The second-order valence-corrected chi connectivity index (χ2v) is 7.76. The standard InChI is InChI=1S/C20H30N4O2.2ClH/c1-16(21-2)19(26)23-13-8-20(9-14-23)7-3-18(25)24(15-20)12-6-17-4-10-22-11-5-17;;/h4-5,10-11,16,21H,3,6-9,12-15H2,1-2H3;2*1H/t16-;;/m0../s1. The second-order valence-electron chi connectivity index (χ2n) is 7.76. The number of nitrogens with one attached hydrogen (secondary N) is 1. The number of halogens is 2. The third-order valence-corrected chi connectivity index (χ3v) is 6.11. The van der Waals surface area contributed by atoms with Gasteiger partial charge >= 0.3 is 0 Å². The number of hydrogen-bond acceptors (Lipinski definition) is 4.